The van der Waals surface area contributed by atoms with E-state index in [0.717, 1.165) is 30.2 Å². The Morgan fingerprint density at radius 3 is 2.80 bits per heavy atom. The third kappa shape index (κ3) is 4.93. The van der Waals surface area contributed by atoms with Gasteiger partial charge in [0.25, 0.3) is 5.91 Å². The van der Waals surface area contributed by atoms with Crippen LogP contribution in [0.2, 0.25) is 0 Å². The van der Waals surface area contributed by atoms with E-state index in [9.17, 15) is 9.59 Å². The van der Waals surface area contributed by atoms with Crippen LogP contribution in [0.5, 0.6) is 5.75 Å². The van der Waals surface area contributed by atoms with E-state index in [1.54, 1.807) is 6.07 Å². The van der Waals surface area contributed by atoms with Gasteiger partial charge in [-0.3, -0.25) is 4.79 Å². The molecule has 1 saturated heterocycles. The number of nitrogens with one attached hydrogen (secondary N) is 1. The maximum absolute atomic E-state index is 11.8. The third-order valence-electron chi connectivity index (χ3n) is 4.01. The number of ether oxygens (including phenoxy) is 3. The van der Waals surface area contributed by atoms with E-state index < -0.39 is 5.97 Å². The summed E-state index contributed by atoms with van der Waals surface area (Å²) >= 11 is 0. The zero-order valence-corrected chi connectivity index (χ0v) is 13.9. The highest BCUT2D eigenvalue weighted by Crippen LogP contribution is 2.24. The normalized spacial score (nSPS) is 16.6. The second-order valence-corrected chi connectivity index (χ2v) is 5.87. The maximum atomic E-state index is 11.8. The van der Waals surface area contributed by atoms with Crippen LogP contribution in [-0.4, -0.2) is 44.3 Å². The second-order valence-electron chi connectivity index (χ2n) is 5.87. The van der Waals surface area contributed by atoms with Crippen molar-refractivity contribution in [1.29, 1.82) is 0 Å². The molecule has 6 heteroatoms. The van der Waals surface area contributed by atoms with Crippen molar-refractivity contribution in [2.24, 2.45) is 0 Å². The van der Waals surface area contributed by atoms with Crippen LogP contribution < -0.4 is 10.1 Å². The summed E-state index contributed by atoms with van der Waals surface area (Å²) < 4.78 is 15.9. The summed E-state index contributed by atoms with van der Waals surface area (Å²) in [5.74, 6) is -0.313. The molecule has 25 heavy (non-hydrogen) atoms. The van der Waals surface area contributed by atoms with Gasteiger partial charge in [0.15, 0.2) is 13.2 Å². The van der Waals surface area contributed by atoms with E-state index in [0.29, 0.717) is 12.3 Å². The van der Waals surface area contributed by atoms with Gasteiger partial charge in [-0.15, -0.1) is 0 Å². The molecule has 2 aromatic rings. The molecular formula is C19H21NO5. The predicted molar refractivity (Wildman–Crippen MR) is 92.4 cm³/mol. The number of amides is 1. The number of rotatable bonds is 7. The Balaban J connectivity index is 1.41. The van der Waals surface area contributed by atoms with Crippen LogP contribution >= 0.6 is 0 Å². The van der Waals surface area contributed by atoms with Gasteiger partial charge < -0.3 is 19.5 Å². The molecular weight excluding hydrogens is 322 g/mol. The second kappa shape index (κ2) is 8.48. The van der Waals surface area contributed by atoms with Gasteiger partial charge in [0.1, 0.15) is 5.75 Å². The average Bonchev–Trinajstić information content (AvgIpc) is 3.16. The Morgan fingerprint density at radius 2 is 1.96 bits per heavy atom. The van der Waals surface area contributed by atoms with Gasteiger partial charge in [-0.25, -0.2) is 4.79 Å². The first-order valence-corrected chi connectivity index (χ1v) is 8.37. The molecule has 0 aliphatic carbocycles. The van der Waals surface area contributed by atoms with Gasteiger partial charge in [0, 0.05) is 18.5 Å². The summed E-state index contributed by atoms with van der Waals surface area (Å²) in [5.41, 5.74) is 0. The number of hydrogen-bond acceptors (Lipinski definition) is 5. The Morgan fingerprint density at radius 1 is 1.12 bits per heavy atom. The van der Waals surface area contributed by atoms with Crippen molar-refractivity contribution in [3.63, 3.8) is 0 Å². The molecule has 1 heterocycles. The Bertz CT molecular complexity index is 734. The molecule has 1 amide bonds. The molecule has 6 nitrogen and oxygen atoms in total. The molecule has 3 rings (SSSR count). The lowest BCUT2D eigenvalue weighted by atomic mass is 10.1. The number of carbonyl (C=O) groups is 2. The molecule has 1 N–H and O–H groups in total. The van der Waals surface area contributed by atoms with Crippen molar-refractivity contribution in [3.8, 4) is 5.75 Å². The molecule has 1 unspecified atom stereocenters. The van der Waals surface area contributed by atoms with E-state index in [4.69, 9.17) is 14.2 Å². The molecule has 0 radical (unpaired) electrons. The van der Waals surface area contributed by atoms with Gasteiger partial charge in [-0.1, -0.05) is 36.4 Å². The monoisotopic (exact) mass is 343 g/mol. The minimum absolute atomic E-state index is 0.0642. The van der Waals surface area contributed by atoms with Gasteiger partial charge in [0.2, 0.25) is 0 Å². The number of carbonyl (C=O) groups excluding carboxylic acids is 2. The Labute approximate surface area is 146 Å². The summed E-state index contributed by atoms with van der Waals surface area (Å²) in [5, 5.41) is 4.65. The van der Waals surface area contributed by atoms with Gasteiger partial charge in [-0.2, -0.15) is 0 Å². The average molecular weight is 343 g/mol. The van der Waals surface area contributed by atoms with Crippen molar-refractivity contribution in [1.82, 2.24) is 5.32 Å². The van der Waals surface area contributed by atoms with E-state index in [-0.39, 0.29) is 25.2 Å². The molecule has 0 aromatic heterocycles. The van der Waals surface area contributed by atoms with Crippen molar-refractivity contribution in [2.45, 2.75) is 18.9 Å². The Kier molecular flexibility index (Phi) is 5.85. The first kappa shape index (κ1) is 17.2. The van der Waals surface area contributed by atoms with Crippen molar-refractivity contribution in [3.05, 3.63) is 42.5 Å². The number of fused-ring (bicyclic) bond motifs is 1. The van der Waals surface area contributed by atoms with Crippen LogP contribution in [-0.2, 0) is 19.1 Å². The molecule has 1 aliphatic rings. The highest BCUT2D eigenvalue weighted by atomic mass is 16.6. The zero-order chi connectivity index (χ0) is 17.5. The largest absolute Gasteiger partial charge is 0.481 e. The summed E-state index contributed by atoms with van der Waals surface area (Å²) in [6.07, 6.45) is 2.02. The summed E-state index contributed by atoms with van der Waals surface area (Å²) in [4.78, 5) is 23.4. The Hall–Kier alpha value is -2.60. The molecule has 0 bridgehead atoms. The lowest BCUT2D eigenvalue weighted by Crippen LogP contribution is -2.35. The molecule has 0 spiro atoms. The summed E-state index contributed by atoms with van der Waals surface area (Å²) in [7, 11) is 0. The van der Waals surface area contributed by atoms with Crippen LogP contribution in [0.3, 0.4) is 0 Å². The number of hydrogen-bond donors (Lipinski definition) is 1. The highest BCUT2D eigenvalue weighted by Gasteiger charge is 2.16. The lowest BCUT2D eigenvalue weighted by molar-refractivity contribution is -0.150. The lowest BCUT2D eigenvalue weighted by Gasteiger charge is -2.11. The third-order valence-corrected chi connectivity index (χ3v) is 4.01. The fraction of sp³-hybridized carbons (Fsp3) is 0.368. The first-order chi connectivity index (χ1) is 12.2. The minimum atomic E-state index is -0.583. The maximum Gasteiger partial charge on any atom is 0.344 e. The van der Waals surface area contributed by atoms with E-state index in [1.165, 1.54) is 0 Å². The molecule has 2 aromatic carbocycles. The highest BCUT2D eigenvalue weighted by molar-refractivity contribution is 5.88. The topological polar surface area (TPSA) is 73.9 Å². The van der Waals surface area contributed by atoms with E-state index in [1.807, 2.05) is 36.4 Å². The van der Waals surface area contributed by atoms with Crippen molar-refractivity contribution < 1.29 is 23.8 Å². The summed E-state index contributed by atoms with van der Waals surface area (Å²) in [6.45, 7) is 0.626. The quantitative estimate of drug-likeness (QED) is 0.779. The smallest absolute Gasteiger partial charge is 0.344 e. The molecule has 1 aliphatic heterocycles. The molecule has 0 saturated carbocycles. The number of benzene rings is 2. The van der Waals surface area contributed by atoms with Gasteiger partial charge >= 0.3 is 5.97 Å². The van der Waals surface area contributed by atoms with Crippen molar-refractivity contribution in [2.75, 3.05) is 26.4 Å². The van der Waals surface area contributed by atoms with Crippen LogP contribution in [0.25, 0.3) is 10.8 Å². The molecule has 132 valence electrons. The fourth-order valence-electron chi connectivity index (χ4n) is 2.73. The van der Waals surface area contributed by atoms with E-state index in [2.05, 4.69) is 5.32 Å². The van der Waals surface area contributed by atoms with Crippen LogP contribution in [0, 0.1) is 0 Å². The van der Waals surface area contributed by atoms with E-state index >= 15 is 0 Å². The summed E-state index contributed by atoms with van der Waals surface area (Å²) in [6, 6.07) is 13.4. The van der Waals surface area contributed by atoms with Crippen LogP contribution in [0.1, 0.15) is 12.8 Å². The SMILES string of the molecule is O=C(COC(=O)COc1cccc2ccccc12)NCC1CCCO1. The number of esters is 1. The standard InChI is InChI=1S/C19H21NO5/c21-18(20-11-15-7-4-10-23-15)12-25-19(22)13-24-17-9-3-6-14-5-1-2-8-16(14)17/h1-3,5-6,8-9,15H,4,7,10-13H2,(H,20,21). The first-order valence-electron chi connectivity index (χ1n) is 8.37. The van der Waals surface area contributed by atoms with Crippen LogP contribution in [0.15, 0.2) is 42.5 Å². The molecule has 1 fully saturated rings. The zero-order valence-electron chi connectivity index (χ0n) is 13.9. The van der Waals surface area contributed by atoms with Gasteiger partial charge in [-0.05, 0) is 24.3 Å². The minimum Gasteiger partial charge on any atom is -0.481 e. The van der Waals surface area contributed by atoms with Crippen molar-refractivity contribution >= 4 is 22.6 Å². The predicted octanol–water partition coefficient (Wildman–Crippen LogP) is 2.06. The van der Waals surface area contributed by atoms with Crippen LogP contribution in [0.4, 0.5) is 0 Å². The van der Waals surface area contributed by atoms with Gasteiger partial charge in [0.05, 0.1) is 6.10 Å². The fourth-order valence-corrected chi connectivity index (χ4v) is 2.73. The molecule has 1 atom stereocenters.